The van der Waals surface area contributed by atoms with Gasteiger partial charge in [-0.15, -0.1) is 0 Å². The molecule has 0 heterocycles. The maximum absolute atomic E-state index is 5.23. The van der Waals surface area contributed by atoms with Crippen molar-refractivity contribution in [2.45, 2.75) is 44.2 Å². The van der Waals surface area contributed by atoms with Crippen molar-refractivity contribution in [2.75, 3.05) is 0 Å². The van der Waals surface area contributed by atoms with Crippen molar-refractivity contribution in [3.05, 3.63) is 23.5 Å². The minimum atomic E-state index is 0.976. The molecule has 0 aromatic heterocycles. The van der Waals surface area contributed by atoms with Crippen molar-refractivity contribution in [3.8, 4) is 0 Å². The summed E-state index contributed by atoms with van der Waals surface area (Å²) in [5.74, 6) is 0. The molecule has 1 saturated carbocycles. The second kappa shape index (κ2) is 5.19. The minimum absolute atomic E-state index is 0.976. The lowest BCUT2D eigenvalue weighted by Gasteiger charge is -2.23. The summed E-state index contributed by atoms with van der Waals surface area (Å²) in [6.45, 7) is 0. The Morgan fingerprint density at radius 1 is 1.21 bits per heavy atom. The third kappa shape index (κ3) is 3.00. The van der Waals surface area contributed by atoms with E-state index in [0.29, 0.717) is 0 Å². The zero-order chi connectivity index (χ0) is 9.80. The van der Waals surface area contributed by atoms with Gasteiger partial charge in [0.15, 0.2) is 0 Å². The molecule has 0 bridgehead atoms. The summed E-state index contributed by atoms with van der Waals surface area (Å²) in [5.41, 5.74) is 0.976. The van der Waals surface area contributed by atoms with Gasteiger partial charge in [0.1, 0.15) is 0 Å². The monoisotopic (exact) mass is 224 g/mol. The summed E-state index contributed by atoms with van der Waals surface area (Å²) in [6.07, 6.45) is 14.8. The largest absolute Gasteiger partial charge is 0.0913 e. The molecule has 1 fully saturated rings. The molecule has 2 aliphatic carbocycles. The Hall–Kier alpha value is -0.0000000000000000555. The second-order valence-corrected chi connectivity index (χ2v) is 6.45. The molecule has 2 rings (SSSR count). The topological polar surface area (TPSA) is 0 Å². The van der Waals surface area contributed by atoms with Crippen LogP contribution in [0.4, 0.5) is 0 Å². The van der Waals surface area contributed by atoms with Crippen LogP contribution >= 0.6 is 20.8 Å². The maximum atomic E-state index is 5.23. The Labute approximate surface area is 93.6 Å². The lowest BCUT2D eigenvalue weighted by molar-refractivity contribution is 0.514. The highest BCUT2D eigenvalue weighted by atomic mass is 32.1. The molecule has 14 heavy (non-hydrogen) atoms. The lowest BCUT2D eigenvalue weighted by Crippen LogP contribution is -2.07. The SMILES string of the molecule is S=C1C=CC=C(PC2CCCCC2)C1. The smallest absolute Gasteiger partial charge is 0.0196 e. The molecule has 1 unspecified atom stereocenters. The van der Waals surface area contributed by atoms with E-state index in [9.17, 15) is 0 Å². The van der Waals surface area contributed by atoms with Crippen LogP contribution < -0.4 is 0 Å². The van der Waals surface area contributed by atoms with Gasteiger partial charge in [-0.2, -0.15) is 0 Å². The van der Waals surface area contributed by atoms with Gasteiger partial charge >= 0.3 is 0 Å². The average Bonchev–Trinajstić information content (AvgIpc) is 2.19. The molecule has 0 spiro atoms. The normalized spacial score (nSPS) is 24.6. The number of thiocarbonyl (C=S) groups is 1. The summed E-state index contributed by atoms with van der Waals surface area (Å²) in [4.78, 5) is 1.12. The van der Waals surface area contributed by atoms with Crippen LogP contribution in [0.15, 0.2) is 23.5 Å². The van der Waals surface area contributed by atoms with E-state index in [4.69, 9.17) is 12.2 Å². The average molecular weight is 224 g/mol. The van der Waals surface area contributed by atoms with Gasteiger partial charge in [-0.1, -0.05) is 52.2 Å². The third-order valence-corrected chi connectivity index (χ3v) is 4.92. The molecule has 76 valence electrons. The molecule has 2 aliphatic rings. The van der Waals surface area contributed by atoms with Crippen LogP contribution in [0.3, 0.4) is 0 Å². The molecule has 0 radical (unpaired) electrons. The van der Waals surface area contributed by atoms with Gasteiger partial charge in [-0.05, 0) is 29.9 Å². The first-order valence-corrected chi connectivity index (χ1v) is 7.00. The quantitative estimate of drug-likeness (QED) is 0.500. The third-order valence-electron chi connectivity index (χ3n) is 2.94. The van der Waals surface area contributed by atoms with E-state index >= 15 is 0 Å². The first-order valence-electron chi connectivity index (χ1n) is 5.51. The summed E-state index contributed by atoms with van der Waals surface area (Å²) >= 11 is 5.23. The highest BCUT2D eigenvalue weighted by Gasteiger charge is 2.15. The summed E-state index contributed by atoms with van der Waals surface area (Å²) in [7, 11) is 1.04. The summed E-state index contributed by atoms with van der Waals surface area (Å²) < 4.78 is 0. The molecule has 2 heteroatoms. The molecule has 0 N–H and O–H groups in total. The van der Waals surface area contributed by atoms with Crippen LogP contribution in [0, 0.1) is 0 Å². The van der Waals surface area contributed by atoms with Gasteiger partial charge in [0.05, 0.1) is 0 Å². The van der Waals surface area contributed by atoms with E-state index < -0.39 is 0 Å². The van der Waals surface area contributed by atoms with E-state index in [1.54, 1.807) is 5.31 Å². The zero-order valence-electron chi connectivity index (χ0n) is 8.46. The standard InChI is InChI=1S/C12H17PS/c14-12-8-4-7-11(9-12)13-10-5-2-1-3-6-10/h4,7-8,10,13H,1-3,5-6,9H2. The van der Waals surface area contributed by atoms with Gasteiger partial charge in [-0.25, -0.2) is 0 Å². The highest BCUT2D eigenvalue weighted by molar-refractivity contribution is 7.80. The molecule has 1 atom stereocenters. The summed E-state index contributed by atoms with van der Waals surface area (Å²) in [6, 6.07) is 0. The van der Waals surface area contributed by atoms with Crippen molar-refractivity contribution in [2.24, 2.45) is 0 Å². The maximum Gasteiger partial charge on any atom is 0.0196 e. The first-order chi connectivity index (χ1) is 6.84. The molecule has 0 aromatic carbocycles. The van der Waals surface area contributed by atoms with Crippen molar-refractivity contribution in [1.82, 2.24) is 0 Å². The minimum Gasteiger partial charge on any atom is -0.0913 e. The van der Waals surface area contributed by atoms with E-state index in [-0.39, 0.29) is 0 Å². The molecule has 0 aliphatic heterocycles. The van der Waals surface area contributed by atoms with Crippen LogP contribution in [-0.4, -0.2) is 10.5 Å². The van der Waals surface area contributed by atoms with Gasteiger partial charge < -0.3 is 0 Å². The number of hydrogen-bond donors (Lipinski definition) is 0. The fourth-order valence-corrected chi connectivity index (χ4v) is 4.25. The fourth-order valence-electron chi connectivity index (χ4n) is 2.19. The van der Waals surface area contributed by atoms with E-state index in [1.165, 1.54) is 32.1 Å². The predicted octanol–water partition coefficient (Wildman–Crippen LogP) is 4.21. The van der Waals surface area contributed by atoms with Crippen LogP contribution in [0.1, 0.15) is 38.5 Å². The first kappa shape index (κ1) is 10.5. The van der Waals surface area contributed by atoms with Gasteiger partial charge in [0, 0.05) is 11.3 Å². The van der Waals surface area contributed by atoms with Crippen LogP contribution in [0.5, 0.6) is 0 Å². The molecule has 0 amide bonds. The summed E-state index contributed by atoms with van der Waals surface area (Å²) in [5, 5.41) is 1.59. The molecule has 0 nitrogen and oxygen atoms in total. The molecular weight excluding hydrogens is 207 g/mol. The predicted molar refractivity (Wildman–Crippen MR) is 69.6 cm³/mol. The number of rotatable bonds is 2. The Morgan fingerprint density at radius 3 is 2.71 bits per heavy atom. The Morgan fingerprint density at radius 2 is 2.00 bits per heavy atom. The second-order valence-electron chi connectivity index (χ2n) is 4.17. The van der Waals surface area contributed by atoms with Crippen molar-refractivity contribution < 1.29 is 0 Å². The fraction of sp³-hybridized carbons (Fsp3) is 0.583. The van der Waals surface area contributed by atoms with Gasteiger partial charge in [0.25, 0.3) is 0 Å². The Balaban J connectivity index is 1.87. The van der Waals surface area contributed by atoms with Crippen LogP contribution in [0.25, 0.3) is 0 Å². The number of hydrogen-bond acceptors (Lipinski definition) is 1. The van der Waals surface area contributed by atoms with E-state index in [1.807, 2.05) is 0 Å². The van der Waals surface area contributed by atoms with E-state index in [2.05, 4.69) is 18.2 Å². The molecular formula is C12H17PS. The van der Waals surface area contributed by atoms with Gasteiger partial charge in [0.2, 0.25) is 0 Å². The van der Waals surface area contributed by atoms with E-state index in [0.717, 1.165) is 25.5 Å². The highest BCUT2D eigenvalue weighted by Crippen LogP contribution is 2.40. The molecule has 0 aromatic rings. The zero-order valence-corrected chi connectivity index (χ0v) is 10.3. The Kier molecular flexibility index (Phi) is 3.89. The lowest BCUT2D eigenvalue weighted by atomic mass is 10.0. The number of allylic oxidation sites excluding steroid dienone is 4. The van der Waals surface area contributed by atoms with Crippen molar-refractivity contribution >= 4 is 25.7 Å². The Bertz CT molecular complexity index is 272. The van der Waals surface area contributed by atoms with Crippen LogP contribution in [0.2, 0.25) is 0 Å². The van der Waals surface area contributed by atoms with Crippen molar-refractivity contribution in [1.29, 1.82) is 0 Å². The van der Waals surface area contributed by atoms with Gasteiger partial charge in [-0.3, -0.25) is 0 Å². The van der Waals surface area contributed by atoms with Crippen LogP contribution in [-0.2, 0) is 0 Å². The molecule has 0 saturated heterocycles. The van der Waals surface area contributed by atoms with Crippen molar-refractivity contribution in [3.63, 3.8) is 0 Å².